The van der Waals surface area contributed by atoms with Crippen LogP contribution in [0.1, 0.15) is 25.8 Å². The molecule has 21 heavy (non-hydrogen) atoms. The van der Waals surface area contributed by atoms with E-state index in [9.17, 15) is 8.42 Å². The fourth-order valence-corrected chi connectivity index (χ4v) is 5.26. The molecular formula is C15H22O4S2. The summed E-state index contributed by atoms with van der Waals surface area (Å²) < 4.78 is 35.7. The maximum absolute atomic E-state index is 12.4. The van der Waals surface area contributed by atoms with E-state index in [2.05, 4.69) is 6.92 Å². The number of ether oxygens (including phenoxy) is 1. The highest BCUT2D eigenvalue weighted by atomic mass is 32.2. The number of hydrogen-bond donors (Lipinski definition) is 0. The molecule has 2 rings (SSSR count). The van der Waals surface area contributed by atoms with E-state index in [1.54, 1.807) is 43.1 Å². The number of benzene rings is 1. The molecule has 0 saturated carbocycles. The number of aryl methyl sites for hydroxylation is 1. The zero-order chi connectivity index (χ0) is 15.6. The quantitative estimate of drug-likeness (QED) is 0.776. The standard InChI is InChI=1S/C15H22O4S2/c1-5-13-11(3)14(15(18-4)20-13)19-21(16,17)12-8-6-10(2)7-9-12/h6-9,11,13-15H,5H2,1-4H3/t11-,13+,14+,15?/m0/s1. The van der Waals surface area contributed by atoms with E-state index in [0.29, 0.717) is 5.25 Å². The first-order valence-electron chi connectivity index (χ1n) is 7.07. The fourth-order valence-electron chi connectivity index (χ4n) is 2.53. The van der Waals surface area contributed by atoms with Crippen LogP contribution in [-0.4, -0.2) is 32.3 Å². The zero-order valence-corrected chi connectivity index (χ0v) is 14.4. The van der Waals surface area contributed by atoms with Crippen LogP contribution in [0.4, 0.5) is 0 Å². The van der Waals surface area contributed by atoms with Crippen molar-refractivity contribution in [2.45, 2.75) is 48.9 Å². The Morgan fingerprint density at radius 3 is 2.38 bits per heavy atom. The maximum atomic E-state index is 12.4. The van der Waals surface area contributed by atoms with Gasteiger partial charge in [0.25, 0.3) is 10.1 Å². The predicted molar refractivity (Wildman–Crippen MR) is 84.9 cm³/mol. The average Bonchev–Trinajstić information content (AvgIpc) is 2.75. The van der Waals surface area contributed by atoms with Crippen molar-refractivity contribution >= 4 is 21.9 Å². The van der Waals surface area contributed by atoms with Crippen LogP contribution >= 0.6 is 11.8 Å². The maximum Gasteiger partial charge on any atom is 0.297 e. The Morgan fingerprint density at radius 2 is 1.86 bits per heavy atom. The Bertz CT molecular complexity index is 566. The zero-order valence-electron chi connectivity index (χ0n) is 12.8. The average molecular weight is 330 g/mol. The number of thioether (sulfide) groups is 1. The summed E-state index contributed by atoms with van der Waals surface area (Å²) in [6.45, 7) is 6.03. The van der Waals surface area contributed by atoms with Gasteiger partial charge < -0.3 is 4.74 Å². The first-order valence-corrected chi connectivity index (χ1v) is 9.42. The van der Waals surface area contributed by atoms with E-state index in [4.69, 9.17) is 8.92 Å². The van der Waals surface area contributed by atoms with Gasteiger partial charge in [0.1, 0.15) is 11.5 Å². The monoisotopic (exact) mass is 330 g/mol. The Balaban J connectivity index is 2.21. The highest BCUT2D eigenvalue weighted by molar-refractivity contribution is 8.00. The fraction of sp³-hybridized carbons (Fsp3) is 0.600. The van der Waals surface area contributed by atoms with E-state index in [-0.39, 0.29) is 16.2 Å². The molecule has 1 aliphatic rings. The van der Waals surface area contributed by atoms with Crippen LogP contribution in [-0.2, 0) is 19.0 Å². The molecule has 4 nitrogen and oxygen atoms in total. The van der Waals surface area contributed by atoms with Crippen LogP contribution in [0.5, 0.6) is 0 Å². The van der Waals surface area contributed by atoms with E-state index in [1.807, 2.05) is 13.8 Å². The molecule has 6 heteroatoms. The van der Waals surface area contributed by atoms with Crippen LogP contribution in [0.15, 0.2) is 29.2 Å². The van der Waals surface area contributed by atoms with Crippen molar-refractivity contribution in [3.63, 3.8) is 0 Å². The van der Waals surface area contributed by atoms with Crippen LogP contribution in [0.2, 0.25) is 0 Å². The van der Waals surface area contributed by atoms with Crippen LogP contribution < -0.4 is 0 Å². The Kier molecular flexibility index (Phi) is 5.35. The van der Waals surface area contributed by atoms with E-state index in [1.165, 1.54) is 0 Å². The molecule has 4 atom stereocenters. The second-order valence-electron chi connectivity index (χ2n) is 5.37. The summed E-state index contributed by atoms with van der Waals surface area (Å²) in [5.74, 6) is 0.130. The Morgan fingerprint density at radius 1 is 1.24 bits per heavy atom. The normalized spacial score (nSPS) is 29.7. The molecule has 1 unspecified atom stereocenters. The van der Waals surface area contributed by atoms with Gasteiger partial charge >= 0.3 is 0 Å². The Labute approximate surface area is 131 Å². The lowest BCUT2D eigenvalue weighted by Gasteiger charge is -2.21. The van der Waals surface area contributed by atoms with Gasteiger partial charge in [-0.3, -0.25) is 4.18 Å². The molecule has 0 radical (unpaired) electrons. The molecule has 0 aliphatic carbocycles. The SMILES string of the molecule is CC[C@H]1SC(OC)[C@H](OS(=O)(=O)c2ccc(C)cc2)[C@H]1C. The van der Waals surface area contributed by atoms with Gasteiger partial charge in [0.15, 0.2) is 0 Å². The van der Waals surface area contributed by atoms with Crippen LogP contribution in [0.3, 0.4) is 0 Å². The summed E-state index contributed by atoms with van der Waals surface area (Å²) in [5.41, 5.74) is 0.768. The minimum absolute atomic E-state index is 0.130. The largest absolute Gasteiger partial charge is 0.368 e. The first kappa shape index (κ1) is 16.8. The minimum Gasteiger partial charge on any atom is -0.368 e. The van der Waals surface area contributed by atoms with E-state index < -0.39 is 16.2 Å². The van der Waals surface area contributed by atoms with Crippen molar-refractivity contribution < 1.29 is 17.3 Å². The highest BCUT2D eigenvalue weighted by Crippen LogP contribution is 2.43. The second-order valence-corrected chi connectivity index (χ2v) is 8.29. The topological polar surface area (TPSA) is 52.6 Å². The summed E-state index contributed by atoms with van der Waals surface area (Å²) >= 11 is 1.65. The molecule has 0 aromatic heterocycles. The van der Waals surface area contributed by atoms with Gasteiger partial charge in [0.2, 0.25) is 0 Å². The molecule has 0 spiro atoms. The second kappa shape index (κ2) is 6.69. The molecule has 0 amide bonds. The number of rotatable bonds is 5. The molecule has 1 aromatic carbocycles. The molecular weight excluding hydrogens is 308 g/mol. The smallest absolute Gasteiger partial charge is 0.297 e. The van der Waals surface area contributed by atoms with E-state index >= 15 is 0 Å². The summed E-state index contributed by atoms with van der Waals surface area (Å²) in [6, 6.07) is 6.70. The third-order valence-corrected chi connectivity index (χ3v) is 7.03. The Hall–Kier alpha value is -0.560. The summed E-state index contributed by atoms with van der Waals surface area (Å²) in [7, 11) is -2.17. The van der Waals surface area contributed by atoms with Crippen molar-refractivity contribution in [2.24, 2.45) is 5.92 Å². The minimum atomic E-state index is -3.76. The van der Waals surface area contributed by atoms with Gasteiger partial charge in [0.05, 0.1) is 4.90 Å². The lowest BCUT2D eigenvalue weighted by Crippen LogP contribution is -2.32. The van der Waals surface area contributed by atoms with Gasteiger partial charge in [-0.25, -0.2) is 0 Å². The van der Waals surface area contributed by atoms with Gasteiger partial charge in [-0.2, -0.15) is 8.42 Å². The molecule has 118 valence electrons. The predicted octanol–water partition coefficient (Wildman–Crippen LogP) is 3.20. The van der Waals surface area contributed by atoms with Gasteiger partial charge in [-0.1, -0.05) is 31.5 Å². The van der Waals surface area contributed by atoms with Crippen LogP contribution in [0, 0.1) is 12.8 Å². The number of methoxy groups -OCH3 is 1. The van der Waals surface area contributed by atoms with Crippen molar-refractivity contribution in [1.82, 2.24) is 0 Å². The molecule has 1 aromatic rings. The van der Waals surface area contributed by atoms with Crippen molar-refractivity contribution in [2.75, 3.05) is 7.11 Å². The third kappa shape index (κ3) is 3.62. The van der Waals surface area contributed by atoms with Gasteiger partial charge in [0, 0.05) is 12.4 Å². The summed E-state index contributed by atoms with van der Waals surface area (Å²) in [4.78, 5) is 0.195. The molecule has 1 heterocycles. The third-order valence-electron chi connectivity index (χ3n) is 3.86. The summed E-state index contributed by atoms with van der Waals surface area (Å²) in [6.07, 6.45) is 0.520. The molecule has 1 aliphatic heterocycles. The van der Waals surface area contributed by atoms with Crippen molar-refractivity contribution in [3.05, 3.63) is 29.8 Å². The van der Waals surface area contributed by atoms with Crippen LogP contribution in [0.25, 0.3) is 0 Å². The lowest BCUT2D eigenvalue weighted by molar-refractivity contribution is 0.0427. The van der Waals surface area contributed by atoms with Crippen molar-refractivity contribution in [3.8, 4) is 0 Å². The molecule has 1 saturated heterocycles. The number of hydrogen-bond acceptors (Lipinski definition) is 5. The highest BCUT2D eigenvalue weighted by Gasteiger charge is 2.44. The van der Waals surface area contributed by atoms with Gasteiger partial charge in [-0.05, 0) is 31.4 Å². The van der Waals surface area contributed by atoms with Gasteiger partial charge in [-0.15, -0.1) is 11.8 Å². The summed E-state index contributed by atoms with van der Waals surface area (Å²) in [5, 5.41) is 0.355. The molecule has 0 N–H and O–H groups in total. The lowest BCUT2D eigenvalue weighted by atomic mass is 10.00. The molecule has 1 fully saturated rings. The van der Waals surface area contributed by atoms with E-state index in [0.717, 1.165) is 12.0 Å². The first-order chi connectivity index (χ1) is 9.89. The van der Waals surface area contributed by atoms with Crippen molar-refractivity contribution in [1.29, 1.82) is 0 Å². The molecule has 0 bridgehead atoms.